The molecule has 47 heavy (non-hydrogen) atoms. The van der Waals surface area contributed by atoms with Gasteiger partial charge in [-0.1, -0.05) is 76.4 Å². The lowest BCUT2D eigenvalue weighted by Gasteiger charge is -2.33. The summed E-state index contributed by atoms with van der Waals surface area (Å²) >= 11 is 0. The first-order valence-electron chi connectivity index (χ1n) is 18.0. The zero-order valence-electron chi connectivity index (χ0n) is 27.9. The molecule has 0 spiro atoms. The largest absolute Gasteiger partial charge is 0.346 e. The van der Waals surface area contributed by atoms with E-state index < -0.39 is 47.8 Å². The van der Waals surface area contributed by atoms with Crippen LogP contribution in [-0.4, -0.2) is 77.5 Å². The topological polar surface area (TPSA) is 154 Å². The molecule has 1 unspecified atom stereocenters. The molecule has 2 aliphatic carbocycles. The van der Waals surface area contributed by atoms with E-state index in [2.05, 4.69) is 34.4 Å². The zero-order valence-corrected chi connectivity index (χ0v) is 27.9. The van der Waals surface area contributed by atoms with E-state index in [1.54, 1.807) is 6.08 Å². The predicted octanol–water partition coefficient (Wildman–Crippen LogP) is 3.87. The van der Waals surface area contributed by atoms with Crippen LogP contribution in [-0.2, 0) is 24.0 Å². The number of nitrogens with one attached hydrogen (secondary N) is 4. The van der Waals surface area contributed by atoms with Crippen molar-refractivity contribution in [3.05, 3.63) is 25.3 Å². The number of ketones is 2. The van der Waals surface area contributed by atoms with Crippen molar-refractivity contribution >= 4 is 35.3 Å². The lowest BCUT2D eigenvalue weighted by Crippen LogP contribution is -2.59. The van der Waals surface area contributed by atoms with Crippen molar-refractivity contribution in [3.63, 3.8) is 0 Å². The van der Waals surface area contributed by atoms with Gasteiger partial charge >= 0.3 is 6.03 Å². The average Bonchev–Trinajstić information content (AvgIpc) is 3.84. The summed E-state index contributed by atoms with van der Waals surface area (Å²) in [6, 6.07) is -3.93. The number of Topliss-reactive ketones (excluding diaryl/α,β-unsaturated/α-hetero) is 2. The van der Waals surface area contributed by atoms with Gasteiger partial charge in [-0.05, 0) is 50.9 Å². The molecule has 4 fully saturated rings. The van der Waals surface area contributed by atoms with Gasteiger partial charge in [0.1, 0.15) is 12.1 Å². The highest BCUT2D eigenvalue weighted by atomic mass is 16.2. The Balaban J connectivity index is 1.52. The fraction of sp³-hybridized carbons (Fsp3) is 0.722. The monoisotopic (exact) mass is 653 g/mol. The van der Waals surface area contributed by atoms with E-state index in [0.717, 1.165) is 83.5 Å². The molecule has 0 radical (unpaired) electrons. The number of hydrogen-bond acceptors (Lipinski definition) is 6. The highest BCUT2D eigenvalue weighted by Crippen LogP contribution is 2.35. The van der Waals surface area contributed by atoms with Crippen LogP contribution in [0.1, 0.15) is 109 Å². The van der Waals surface area contributed by atoms with Crippen molar-refractivity contribution in [2.75, 3.05) is 13.1 Å². The zero-order chi connectivity index (χ0) is 33.8. The molecule has 0 bridgehead atoms. The number of rotatable bonds is 10. The first kappa shape index (κ1) is 36.3. The van der Waals surface area contributed by atoms with E-state index in [4.69, 9.17) is 0 Å². The molecule has 0 aromatic rings. The van der Waals surface area contributed by atoms with Crippen molar-refractivity contribution in [3.8, 4) is 0 Å². The number of fused-ring (bicyclic) bond motifs is 1. The summed E-state index contributed by atoms with van der Waals surface area (Å²) < 4.78 is 0. The van der Waals surface area contributed by atoms with Gasteiger partial charge in [0.15, 0.2) is 5.78 Å². The van der Waals surface area contributed by atoms with Gasteiger partial charge < -0.3 is 26.2 Å². The van der Waals surface area contributed by atoms with E-state index in [1.807, 2.05) is 0 Å². The Labute approximate surface area is 279 Å². The fourth-order valence-electron chi connectivity index (χ4n) is 7.47. The van der Waals surface area contributed by atoms with Crippen LogP contribution in [0.3, 0.4) is 0 Å². The van der Waals surface area contributed by atoms with E-state index >= 15 is 0 Å². The molecule has 0 aromatic heterocycles. The van der Waals surface area contributed by atoms with Crippen LogP contribution >= 0.6 is 0 Å². The Morgan fingerprint density at radius 1 is 0.830 bits per heavy atom. The number of nitrogens with zero attached hydrogens (tertiary/aromatic N) is 1. The van der Waals surface area contributed by atoms with Crippen molar-refractivity contribution in [1.82, 2.24) is 26.2 Å². The summed E-state index contributed by atoms with van der Waals surface area (Å²) in [5, 5.41) is 11.2. The van der Waals surface area contributed by atoms with E-state index in [1.165, 1.54) is 11.0 Å². The highest BCUT2D eigenvalue weighted by Gasteiger charge is 2.44. The molecule has 260 valence electrons. The van der Waals surface area contributed by atoms with Gasteiger partial charge in [0.25, 0.3) is 5.91 Å². The van der Waals surface area contributed by atoms with Crippen molar-refractivity contribution in [1.29, 1.82) is 0 Å². The number of amides is 5. The maximum absolute atomic E-state index is 14.2. The van der Waals surface area contributed by atoms with Crippen LogP contribution in [0.4, 0.5) is 4.79 Å². The van der Waals surface area contributed by atoms with Crippen molar-refractivity contribution in [2.24, 2.45) is 17.8 Å². The third-order valence-electron chi connectivity index (χ3n) is 10.3. The summed E-state index contributed by atoms with van der Waals surface area (Å²) in [7, 11) is 0. The van der Waals surface area contributed by atoms with E-state index in [0.29, 0.717) is 25.7 Å². The summed E-state index contributed by atoms with van der Waals surface area (Å²) in [6.45, 7) is 7.89. The summed E-state index contributed by atoms with van der Waals surface area (Å²) in [6.07, 6.45) is 17.2. The Morgan fingerprint density at radius 3 is 2.09 bits per heavy atom. The second kappa shape index (κ2) is 18.2. The van der Waals surface area contributed by atoms with Gasteiger partial charge in [-0.3, -0.25) is 24.0 Å². The lowest BCUT2D eigenvalue weighted by molar-refractivity contribution is -0.143. The minimum atomic E-state index is -1.02. The van der Waals surface area contributed by atoms with Gasteiger partial charge in [0.05, 0.1) is 12.1 Å². The standard InChI is InChI=1S/C36H55N5O6/c1-3-22-37-34(45)32(43)27-17-13-8-6-5-7-9-14-18-28(35(46)41-23-21-24(4-2)30(41)33(44)38-27)39-36(47)40-29(31(42)26-19-20-26)25-15-11-10-12-16-25/h3-4,24-30H,1-2,5-23H2,(H,37,45)(H,38,44)(H2,39,40,47)/t24-,27-,28-,29?,30-/m0/s1. The smallest absolute Gasteiger partial charge is 0.316 e. The predicted molar refractivity (Wildman–Crippen MR) is 179 cm³/mol. The molecule has 2 heterocycles. The molecule has 11 nitrogen and oxygen atoms in total. The SMILES string of the molecule is C=CCNC(=O)C(=O)[C@@H]1CCCCCCCCC[C@H](NC(=O)NC(C(=O)C2CC2)C2CCCCC2)C(=O)N2CC[C@H](C=C)[C@H]2C(=O)N1. The second-order valence-corrected chi connectivity index (χ2v) is 13.9. The third kappa shape index (κ3) is 10.2. The fourth-order valence-corrected chi connectivity index (χ4v) is 7.47. The van der Waals surface area contributed by atoms with Crippen LogP contribution in [0.15, 0.2) is 25.3 Å². The van der Waals surface area contributed by atoms with Gasteiger partial charge in [-0.2, -0.15) is 0 Å². The van der Waals surface area contributed by atoms with E-state index in [-0.39, 0.29) is 42.5 Å². The third-order valence-corrected chi connectivity index (χ3v) is 10.3. The first-order valence-corrected chi connectivity index (χ1v) is 18.0. The molecule has 5 atom stereocenters. The molecule has 4 rings (SSSR count). The number of urea groups is 1. The molecule has 4 N–H and O–H groups in total. The number of hydrogen-bond donors (Lipinski definition) is 4. The second-order valence-electron chi connectivity index (χ2n) is 13.9. The van der Waals surface area contributed by atoms with Crippen molar-refractivity contribution in [2.45, 2.75) is 133 Å². The Bertz CT molecular complexity index is 1160. The summed E-state index contributed by atoms with van der Waals surface area (Å²) in [4.78, 5) is 82.0. The Morgan fingerprint density at radius 2 is 1.45 bits per heavy atom. The molecule has 0 aromatic carbocycles. The van der Waals surface area contributed by atoms with E-state index in [9.17, 15) is 28.8 Å². The molecule has 5 amide bonds. The quantitative estimate of drug-likeness (QED) is 0.208. The Kier molecular flexibility index (Phi) is 14.0. The van der Waals surface area contributed by atoms with Crippen LogP contribution < -0.4 is 21.3 Å². The van der Waals surface area contributed by atoms with Gasteiger partial charge in [-0.25, -0.2) is 4.79 Å². The van der Waals surface area contributed by atoms with Gasteiger partial charge in [0.2, 0.25) is 17.6 Å². The maximum atomic E-state index is 14.2. The molecular weight excluding hydrogens is 598 g/mol. The summed E-state index contributed by atoms with van der Waals surface area (Å²) in [5.41, 5.74) is 0. The molecule has 11 heteroatoms. The van der Waals surface area contributed by atoms with Gasteiger partial charge in [-0.15, -0.1) is 13.2 Å². The van der Waals surface area contributed by atoms with Crippen LogP contribution in [0, 0.1) is 17.8 Å². The van der Waals surface area contributed by atoms with Gasteiger partial charge in [0, 0.05) is 24.9 Å². The minimum Gasteiger partial charge on any atom is -0.346 e. The maximum Gasteiger partial charge on any atom is 0.316 e. The average molecular weight is 654 g/mol. The molecule has 2 saturated heterocycles. The van der Waals surface area contributed by atoms with Crippen molar-refractivity contribution < 1.29 is 28.8 Å². The highest BCUT2D eigenvalue weighted by molar-refractivity contribution is 6.38. The first-order chi connectivity index (χ1) is 22.7. The molecule has 2 aliphatic heterocycles. The minimum absolute atomic E-state index is 0.00923. The molecule has 2 saturated carbocycles. The lowest BCUT2D eigenvalue weighted by atomic mass is 9.81. The number of carbonyl (C=O) groups excluding carboxylic acids is 6. The van der Waals surface area contributed by atoms with Crippen LogP contribution in [0.5, 0.6) is 0 Å². The summed E-state index contributed by atoms with van der Waals surface area (Å²) in [5.74, 6) is -2.54. The number of carbonyl (C=O) groups is 6. The molecule has 4 aliphatic rings. The Hall–Kier alpha value is -3.50. The van der Waals surface area contributed by atoms with Crippen LogP contribution in [0.25, 0.3) is 0 Å². The van der Waals surface area contributed by atoms with Crippen LogP contribution in [0.2, 0.25) is 0 Å². The normalized spacial score (nSPS) is 27.4. The molecular formula is C36H55N5O6.